The van der Waals surface area contributed by atoms with Crippen LogP contribution in [-0.2, 0) is 16.0 Å². The molecule has 3 heterocycles. The van der Waals surface area contributed by atoms with E-state index in [0.717, 1.165) is 31.8 Å². The maximum absolute atomic E-state index is 14.1. The Hall–Kier alpha value is -3.00. The monoisotopic (exact) mass is 498 g/mol. The molecule has 2 aromatic rings. The number of hydrogen-bond acceptors (Lipinski definition) is 5. The largest absolute Gasteiger partial charge is 0.478 e. The van der Waals surface area contributed by atoms with E-state index < -0.39 is 5.97 Å². The summed E-state index contributed by atoms with van der Waals surface area (Å²) < 4.78 is 26.0. The first-order valence-corrected chi connectivity index (χ1v) is 13.0. The van der Waals surface area contributed by atoms with Crippen LogP contribution in [0.5, 0.6) is 0 Å². The van der Waals surface area contributed by atoms with Gasteiger partial charge in [0.05, 0.1) is 18.1 Å². The zero-order chi connectivity index (χ0) is 25.5. The predicted octanol–water partition coefficient (Wildman–Crippen LogP) is 5.51. The fraction of sp³-hybridized carbons (Fsp3) is 0.536. The second-order valence-corrected chi connectivity index (χ2v) is 9.79. The molecular weight excluding hydrogens is 463 g/mol. The van der Waals surface area contributed by atoms with Crippen molar-refractivity contribution in [3.63, 3.8) is 0 Å². The number of oxazole rings is 1. The van der Waals surface area contributed by atoms with E-state index in [1.807, 2.05) is 0 Å². The van der Waals surface area contributed by atoms with E-state index in [9.17, 15) is 14.0 Å². The van der Waals surface area contributed by atoms with Crippen LogP contribution in [0.15, 0.2) is 35.0 Å². The molecule has 1 amide bonds. The number of benzene rings is 1. The number of halogens is 1. The minimum atomic E-state index is -1.06. The van der Waals surface area contributed by atoms with Gasteiger partial charge in [0.1, 0.15) is 12.1 Å². The first kappa shape index (κ1) is 26.1. The molecule has 1 aromatic heterocycles. The van der Waals surface area contributed by atoms with Crippen LogP contribution in [0, 0.1) is 11.7 Å². The molecule has 2 aliphatic rings. The van der Waals surface area contributed by atoms with Gasteiger partial charge in [-0.25, -0.2) is 14.2 Å². The van der Waals surface area contributed by atoms with Gasteiger partial charge in [0, 0.05) is 18.5 Å². The Labute approximate surface area is 211 Å². The number of aromatic nitrogens is 1. The molecule has 2 N–H and O–H groups in total. The molecule has 1 aromatic carbocycles. The number of carboxylic acids is 1. The topological polar surface area (TPSA) is 102 Å². The van der Waals surface area contributed by atoms with Gasteiger partial charge in [-0.15, -0.1) is 0 Å². The average molecular weight is 499 g/mol. The van der Waals surface area contributed by atoms with Gasteiger partial charge in [0.25, 0.3) is 5.91 Å². The Balaban J connectivity index is 1.42. The number of carbonyl (C=O) groups is 2. The Morgan fingerprint density at radius 2 is 1.94 bits per heavy atom. The lowest BCUT2D eigenvalue weighted by Crippen LogP contribution is -2.28. The Kier molecular flexibility index (Phi) is 8.91. The molecule has 194 valence electrons. The van der Waals surface area contributed by atoms with E-state index in [2.05, 4.69) is 17.2 Å². The van der Waals surface area contributed by atoms with E-state index in [0.29, 0.717) is 30.0 Å². The highest BCUT2D eigenvalue weighted by Gasteiger charge is 2.51. The molecule has 2 unspecified atom stereocenters. The third-order valence-electron chi connectivity index (χ3n) is 7.25. The first-order chi connectivity index (χ1) is 17.5. The molecule has 8 heteroatoms. The molecule has 7 nitrogen and oxygen atoms in total. The van der Waals surface area contributed by atoms with E-state index in [1.165, 1.54) is 50.2 Å². The van der Waals surface area contributed by atoms with Crippen molar-refractivity contribution >= 4 is 18.0 Å². The van der Waals surface area contributed by atoms with Crippen LogP contribution in [0.2, 0.25) is 0 Å². The summed E-state index contributed by atoms with van der Waals surface area (Å²) in [4.78, 5) is 28.1. The molecule has 2 aliphatic heterocycles. The molecule has 2 bridgehead atoms. The Morgan fingerprint density at radius 1 is 1.17 bits per heavy atom. The van der Waals surface area contributed by atoms with Crippen LogP contribution in [0.4, 0.5) is 4.39 Å². The van der Waals surface area contributed by atoms with Crippen LogP contribution in [0.1, 0.15) is 91.7 Å². The van der Waals surface area contributed by atoms with Crippen LogP contribution in [0.25, 0.3) is 6.08 Å². The van der Waals surface area contributed by atoms with Crippen molar-refractivity contribution in [2.24, 2.45) is 5.92 Å². The lowest BCUT2D eigenvalue weighted by molar-refractivity contribution is -0.131. The van der Waals surface area contributed by atoms with Crippen LogP contribution < -0.4 is 5.32 Å². The van der Waals surface area contributed by atoms with Crippen molar-refractivity contribution in [2.75, 3.05) is 6.54 Å². The molecule has 2 fully saturated rings. The molecular formula is C28H35FN2O5. The second-order valence-electron chi connectivity index (χ2n) is 9.79. The minimum absolute atomic E-state index is 0.0137. The zero-order valence-electron chi connectivity index (χ0n) is 20.7. The van der Waals surface area contributed by atoms with Crippen LogP contribution in [0.3, 0.4) is 0 Å². The van der Waals surface area contributed by atoms with Gasteiger partial charge >= 0.3 is 5.97 Å². The SMILES string of the molecule is CCCCCCCCNC(=O)c1coc(C2C3CC[C@@H](O3)[C@@H]2Cc2cc(F)ccc2/C=C/C(=O)O)n1. The summed E-state index contributed by atoms with van der Waals surface area (Å²) in [5, 5.41) is 11.9. The quantitative estimate of drug-likeness (QED) is 0.279. The van der Waals surface area contributed by atoms with Gasteiger partial charge in [-0.1, -0.05) is 45.1 Å². The summed E-state index contributed by atoms with van der Waals surface area (Å²) in [7, 11) is 0. The van der Waals surface area contributed by atoms with Crippen molar-refractivity contribution in [1.82, 2.24) is 10.3 Å². The molecule has 36 heavy (non-hydrogen) atoms. The van der Waals surface area contributed by atoms with Gasteiger partial charge in [-0.3, -0.25) is 4.79 Å². The summed E-state index contributed by atoms with van der Waals surface area (Å²) in [6.45, 7) is 2.80. The number of amides is 1. The lowest BCUT2D eigenvalue weighted by Gasteiger charge is -2.26. The maximum atomic E-state index is 14.1. The normalized spacial score (nSPS) is 22.9. The van der Waals surface area contributed by atoms with Gasteiger partial charge in [0.2, 0.25) is 5.89 Å². The molecule has 0 spiro atoms. The molecule has 4 rings (SSSR count). The van der Waals surface area contributed by atoms with Gasteiger partial charge in [0.15, 0.2) is 5.69 Å². The third kappa shape index (κ3) is 6.40. The highest BCUT2D eigenvalue weighted by Crippen LogP contribution is 2.50. The lowest BCUT2D eigenvalue weighted by atomic mass is 9.75. The number of carbonyl (C=O) groups excluding carboxylic acids is 1. The standard InChI is InChI=1S/C28H35FN2O5/c1-2-3-4-5-6-7-14-30-27(34)22-17-35-28(31-22)26-21(23-11-12-24(26)36-23)16-19-15-20(29)10-8-18(19)9-13-25(32)33/h8-10,13,15,17,21,23-24,26H,2-7,11-12,14,16H2,1H3,(H,30,34)(H,32,33)/b13-9+/t21-,23+,24?,26?/m0/s1. The Bertz CT molecular complexity index is 1080. The van der Waals surface area contributed by atoms with Crippen molar-refractivity contribution in [2.45, 2.75) is 82.8 Å². The zero-order valence-corrected chi connectivity index (χ0v) is 20.7. The fourth-order valence-electron chi connectivity index (χ4n) is 5.45. The number of ether oxygens (including phenoxy) is 1. The van der Waals surface area contributed by atoms with Gasteiger partial charge in [-0.05, 0) is 55.0 Å². The number of carboxylic acid groups (broad SMARTS) is 1. The highest BCUT2D eigenvalue weighted by atomic mass is 19.1. The van der Waals surface area contributed by atoms with Gasteiger partial charge < -0.3 is 19.6 Å². The summed E-state index contributed by atoms with van der Waals surface area (Å²) >= 11 is 0. The molecule has 2 saturated heterocycles. The molecule has 4 atom stereocenters. The number of nitrogens with zero attached hydrogens (tertiary/aromatic N) is 1. The van der Waals surface area contributed by atoms with Crippen LogP contribution >= 0.6 is 0 Å². The number of hydrogen-bond donors (Lipinski definition) is 2. The summed E-state index contributed by atoms with van der Waals surface area (Å²) in [5.74, 6) is -1.38. The molecule has 0 saturated carbocycles. The summed E-state index contributed by atoms with van der Waals surface area (Å²) in [5.41, 5.74) is 1.62. The number of aliphatic carboxylic acids is 1. The van der Waals surface area contributed by atoms with E-state index in [1.54, 1.807) is 6.07 Å². The number of nitrogens with one attached hydrogen (secondary N) is 1. The van der Waals surface area contributed by atoms with Crippen molar-refractivity contribution in [3.8, 4) is 0 Å². The van der Waals surface area contributed by atoms with E-state index in [-0.39, 0.29) is 41.5 Å². The number of unbranched alkanes of at least 4 members (excludes halogenated alkanes) is 5. The second kappa shape index (κ2) is 12.3. The van der Waals surface area contributed by atoms with Crippen molar-refractivity contribution in [3.05, 3.63) is 59.1 Å². The van der Waals surface area contributed by atoms with E-state index >= 15 is 0 Å². The predicted molar refractivity (Wildman–Crippen MR) is 133 cm³/mol. The maximum Gasteiger partial charge on any atom is 0.328 e. The summed E-state index contributed by atoms with van der Waals surface area (Å²) in [6.07, 6.45) is 13.0. The smallest absolute Gasteiger partial charge is 0.328 e. The molecule has 0 radical (unpaired) electrons. The van der Waals surface area contributed by atoms with Crippen molar-refractivity contribution in [1.29, 1.82) is 0 Å². The third-order valence-corrected chi connectivity index (χ3v) is 7.25. The minimum Gasteiger partial charge on any atom is -0.478 e. The fourth-order valence-corrected chi connectivity index (χ4v) is 5.45. The van der Waals surface area contributed by atoms with Gasteiger partial charge in [-0.2, -0.15) is 0 Å². The number of rotatable bonds is 13. The molecule has 0 aliphatic carbocycles. The average Bonchev–Trinajstić information content (AvgIpc) is 3.59. The highest BCUT2D eigenvalue weighted by molar-refractivity contribution is 5.91. The van der Waals surface area contributed by atoms with Crippen molar-refractivity contribution < 1.29 is 28.2 Å². The Morgan fingerprint density at radius 3 is 2.75 bits per heavy atom. The van der Waals surface area contributed by atoms with E-state index in [4.69, 9.17) is 14.3 Å². The number of fused-ring (bicyclic) bond motifs is 2. The first-order valence-electron chi connectivity index (χ1n) is 13.0. The van der Waals surface area contributed by atoms with Crippen LogP contribution in [-0.4, -0.2) is 40.7 Å². The summed E-state index contributed by atoms with van der Waals surface area (Å²) in [6, 6.07) is 4.36.